The van der Waals surface area contributed by atoms with Crippen LogP contribution in [0.1, 0.15) is 29.0 Å². The number of benzene rings is 2. The van der Waals surface area contributed by atoms with Gasteiger partial charge in [-0.2, -0.15) is 0 Å². The van der Waals surface area contributed by atoms with Gasteiger partial charge in [-0.1, -0.05) is 42.5 Å². The second kappa shape index (κ2) is 9.14. The maximum absolute atomic E-state index is 13.9. The van der Waals surface area contributed by atoms with Crippen molar-refractivity contribution in [1.82, 2.24) is 10.3 Å². The van der Waals surface area contributed by atoms with Crippen molar-refractivity contribution in [1.29, 1.82) is 0 Å². The van der Waals surface area contributed by atoms with Crippen LogP contribution in [-0.2, 0) is 6.42 Å². The third-order valence-corrected chi connectivity index (χ3v) is 4.41. The van der Waals surface area contributed by atoms with Crippen molar-refractivity contribution in [3.63, 3.8) is 0 Å². The van der Waals surface area contributed by atoms with Gasteiger partial charge in [0.1, 0.15) is 5.82 Å². The van der Waals surface area contributed by atoms with Gasteiger partial charge >= 0.3 is 5.76 Å². The zero-order chi connectivity index (χ0) is 19.9. The van der Waals surface area contributed by atoms with E-state index in [0.717, 1.165) is 11.1 Å². The van der Waals surface area contributed by atoms with Crippen LogP contribution in [0.25, 0.3) is 11.1 Å². The molecule has 146 valence electrons. The normalized spacial score (nSPS) is 11.9. The Morgan fingerprint density at radius 1 is 1.18 bits per heavy atom. The fraction of sp³-hybridized carbons (Fsp3) is 0.238. The summed E-state index contributed by atoms with van der Waals surface area (Å²) < 4.78 is 18.7. The van der Waals surface area contributed by atoms with E-state index in [0.29, 0.717) is 24.8 Å². The lowest BCUT2D eigenvalue weighted by atomic mass is 9.98. The molecule has 0 unspecified atom stereocenters. The minimum Gasteiger partial charge on any atom is -0.403 e. The van der Waals surface area contributed by atoms with Crippen LogP contribution in [0.4, 0.5) is 4.39 Å². The van der Waals surface area contributed by atoms with Gasteiger partial charge in [0, 0.05) is 18.2 Å². The quantitative estimate of drug-likeness (QED) is 0.556. The van der Waals surface area contributed by atoms with Gasteiger partial charge in [0.05, 0.1) is 6.20 Å². The average molecular weight is 384 g/mol. The van der Waals surface area contributed by atoms with Gasteiger partial charge in [0.2, 0.25) is 5.76 Å². The average Bonchev–Trinajstić information content (AvgIpc) is 3.14. The number of rotatable bonds is 8. The highest BCUT2D eigenvalue weighted by Crippen LogP contribution is 2.23. The van der Waals surface area contributed by atoms with Gasteiger partial charge in [0.15, 0.2) is 0 Å². The van der Waals surface area contributed by atoms with Crippen LogP contribution < -0.4 is 11.1 Å². The summed E-state index contributed by atoms with van der Waals surface area (Å²) in [6.45, 7) is 0.0117. The van der Waals surface area contributed by atoms with Crippen LogP contribution in [0.3, 0.4) is 0 Å². The Bertz CT molecular complexity index is 978. The van der Waals surface area contributed by atoms with Crippen molar-refractivity contribution in [2.75, 3.05) is 6.61 Å². The van der Waals surface area contributed by atoms with Crippen LogP contribution in [0.5, 0.6) is 0 Å². The molecule has 0 aliphatic heterocycles. The maximum Gasteiger partial charge on any atom is 0.416 e. The van der Waals surface area contributed by atoms with E-state index in [1.54, 1.807) is 18.2 Å². The van der Waals surface area contributed by atoms with Gasteiger partial charge < -0.3 is 14.8 Å². The molecule has 0 spiro atoms. The molecular weight excluding hydrogens is 363 g/mol. The first-order chi connectivity index (χ1) is 13.6. The highest BCUT2D eigenvalue weighted by molar-refractivity contribution is 5.91. The number of aromatic amines is 1. The summed E-state index contributed by atoms with van der Waals surface area (Å²) in [6.07, 6.45) is 2.82. The molecule has 0 saturated carbocycles. The number of hydrogen-bond donors (Lipinski definition) is 3. The van der Waals surface area contributed by atoms with E-state index in [1.807, 2.05) is 24.3 Å². The molecule has 1 heterocycles. The monoisotopic (exact) mass is 384 g/mol. The summed E-state index contributed by atoms with van der Waals surface area (Å²) >= 11 is 0. The van der Waals surface area contributed by atoms with Crippen molar-refractivity contribution in [2.24, 2.45) is 0 Å². The van der Waals surface area contributed by atoms with E-state index in [9.17, 15) is 14.0 Å². The van der Waals surface area contributed by atoms with E-state index < -0.39 is 11.7 Å². The van der Waals surface area contributed by atoms with Crippen molar-refractivity contribution in [3.05, 3.63) is 82.4 Å². The second-order valence-electron chi connectivity index (χ2n) is 6.46. The summed E-state index contributed by atoms with van der Waals surface area (Å²) in [5.41, 5.74) is 2.26. The third-order valence-electron chi connectivity index (χ3n) is 4.41. The van der Waals surface area contributed by atoms with E-state index in [2.05, 4.69) is 10.3 Å². The van der Waals surface area contributed by atoms with E-state index in [4.69, 9.17) is 9.52 Å². The number of carbonyl (C=O) groups excluding carboxylic acids is 1. The first-order valence-corrected chi connectivity index (χ1v) is 9.01. The van der Waals surface area contributed by atoms with Crippen LogP contribution >= 0.6 is 0 Å². The molecule has 1 aromatic heterocycles. The van der Waals surface area contributed by atoms with Crippen LogP contribution in [0.2, 0.25) is 0 Å². The molecule has 7 heteroatoms. The van der Waals surface area contributed by atoms with Gasteiger partial charge in [-0.05, 0) is 36.5 Å². The Balaban J connectivity index is 1.70. The van der Waals surface area contributed by atoms with Crippen molar-refractivity contribution >= 4 is 5.91 Å². The number of oxazole rings is 1. The van der Waals surface area contributed by atoms with Crippen molar-refractivity contribution < 1.29 is 18.7 Å². The molecule has 3 rings (SSSR count). The molecule has 6 nitrogen and oxygen atoms in total. The smallest absolute Gasteiger partial charge is 0.403 e. The van der Waals surface area contributed by atoms with Gasteiger partial charge in [-0.15, -0.1) is 0 Å². The Morgan fingerprint density at radius 2 is 1.93 bits per heavy atom. The molecule has 0 aliphatic carbocycles. The number of hydrogen-bond acceptors (Lipinski definition) is 4. The minimum atomic E-state index is -0.694. The summed E-state index contributed by atoms with van der Waals surface area (Å²) in [6, 6.07) is 13.8. The third kappa shape index (κ3) is 4.95. The Kier molecular flexibility index (Phi) is 6.39. The summed E-state index contributed by atoms with van der Waals surface area (Å²) in [5, 5.41) is 11.9. The molecule has 3 aromatic rings. The second-order valence-corrected chi connectivity index (χ2v) is 6.46. The molecule has 0 aliphatic rings. The summed E-state index contributed by atoms with van der Waals surface area (Å²) in [4.78, 5) is 25.6. The molecule has 3 N–H and O–H groups in total. The van der Waals surface area contributed by atoms with Gasteiger partial charge in [-0.25, -0.2) is 9.18 Å². The summed E-state index contributed by atoms with van der Waals surface area (Å²) in [5.74, 6) is -1.56. The molecule has 2 aromatic carbocycles. The van der Waals surface area contributed by atoms with Gasteiger partial charge in [-0.3, -0.25) is 9.78 Å². The van der Waals surface area contributed by atoms with E-state index in [1.165, 1.54) is 12.3 Å². The Hall–Kier alpha value is -3.19. The Morgan fingerprint density at radius 3 is 2.57 bits per heavy atom. The SMILES string of the molecule is O=C(N[C@@H](CCCO)Cc1ccc(-c2ccccc2F)cc1)c1c[nH]c(=O)o1. The lowest BCUT2D eigenvalue weighted by molar-refractivity contribution is 0.0902. The lowest BCUT2D eigenvalue weighted by Crippen LogP contribution is -2.36. The molecule has 1 amide bonds. The fourth-order valence-electron chi connectivity index (χ4n) is 3.01. The number of aromatic nitrogens is 1. The topological polar surface area (TPSA) is 95.3 Å². The largest absolute Gasteiger partial charge is 0.416 e. The van der Waals surface area contributed by atoms with Crippen LogP contribution in [0, 0.1) is 5.82 Å². The van der Waals surface area contributed by atoms with Crippen LogP contribution in [-0.4, -0.2) is 28.6 Å². The number of nitrogens with one attached hydrogen (secondary N) is 2. The number of aliphatic hydroxyl groups excluding tert-OH is 1. The highest BCUT2D eigenvalue weighted by Gasteiger charge is 2.17. The fourth-order valence-corrected chi connectivity index (χ4v) is 3.01. The number of aliphatic hydroxyl groups is 1. The standard InChI is InChI=1S/C21H21FN2O4/c22-18-6-2-1-5-17(18)15-9-7-14(8-10-15)12-16(4-3-11-25)24-20(26)19-13-23-21(27)28-19/h1-2,5-10,13,16,25H,3-4,11-12H2,(H,23,27)(H,24,26)/t16-/m0/s1. The molecule has 1 atom stereocenters. The predicted octanol–water partition coefficient (Wildman–Crippen LogP) is 2.89. The Labute approximate surface area is 161 Å². The van der Waals surface area contributed by atoms with E-state index >= 15 is 0 Å². The van der Waals surface area contributed by atoms with Crippen LogP contribution in [0.15, 0.2) is 63.9 Å². The number of amides is 1. The zero-order valence-electron chi connectivity index (χ0n) is 15.2. The molecular formula is C21H21FN2O4. The maximum atomic E-state index is 13.9. The van der Waals surface area contributed by atoms with E-state index in [-0.39, 0.29) is 24.2 Å². The van der Waals surface area contributed by atoms with Crippen molar-refractivity contribution in [2.45, 2.75) is 25.3 Å². The molecule has 0 radical (unpaired) electrons. The van der Waals surface area contributed by atoms with Crippen molar-refractivity contribution in [3.8, 4) is 11.1 Å². The summed E-state index contributed by atoms with van der Waals surface area (Å²) in [7, 11) is 0. The first-order valence-electron chi connectivity index (χ1n) is 9.01. The minimum absolute atomic E-state index is 0.0117. The highest BCUT2D eigenvalue weighted by atomic mass is 19.1. The molecule has 28 heavy (non-hydrogen) atoms. The lowest BCUT2D eigenvalue weighted by Gasteiger charge is -2.18. The number of carbonyl (C=O) groups is 1. The number of halogens is 1. The molecule has 0 bridgehead atoms. The molecule has 0 fully saturated rings. The predicted molar refractivity (Wildman–Crippen MR) is 102 cm³/mol. The number of H-pyrrole nitrogens is 1. The molecule has 0 saturated heterocycles. The first kappa shape index (κ1) is 19.6. The van der Waals surface area contributed by atoms with Gasteiger partial charge in [0.25, 0.3) is 5.91 Å². The zero-order valence-corrected chi connectivity index (χ0v) is 15.2.